The zero-order valence-electron chi connectivity index (χ0n) is 14.3. The second-order valence-electron chi connectivity index (χ2n) is 6.29. The molecular formula is C18H28N2O2. The van der Waals surface area contributed by atoms with Crippen LogP contribution in [0.15, 0.2) is 24.3 Å². The van der Waals surface area contributed by atoms with Gasteiger partial charge >= 0.3 is 0 Å². The van der Waals surface area contributed by atoms with Crippen LogP contribution in [0.1, 0.15) is 56.5 Å². The monoisotopic (exact) mass is 304 g/mol. The van der Waals surface area contributed by atoms with Gasteiger partial charge < -0.3 is 10.6 Å². The van der Waals surface area contributed by atoms with Crippen molar-refractivity contribution in [2.24, 2.45) is 5.92 Å². The third kappa shape index (κ3) is 5.51. The first kappa shape index (κ1) is 18.2. The fourth-order valence-electron chi connectivity index (χ4n) is 2.21. The van der Waals surface area contributed by atoms with Crippen molar-refractivity contribution in [3.8, 4) is 0 Å². The Balaban J connectivity index is 2.82. The quantitative estimate of drug-likeness (QED) is 0.813. The lowest BCUT2D eigenvalue weighted by molar-refractivity contribution is -0.124. The molecule has 0 aliphatic rings. The highest BCUT2D eigenvalue weighted by Crippen LogP contribution is 2.10. The van der Waals surface area contributed by atoms with Crippen LogP contribution in [0.2, 0.25) is 0 Å². The summed E-state index contributed by atoms with van der Waals surface area (Å²) in [7, 11) is 0. The van der Waals surface area contributed by atoms with Crippen molar-refractivity contribution in [2.45, 2.75) is 59.5 Å². The lowest BCUT2D eigenvalue weighted by Gasteiger charge is -2.22. The SMILES string of the molecule is CCC(C)NC(=O)C(CC(C)C)NC(=O)c1ccccc1C. The molecule has 2 atom stereocenters. The first-order valence-electron chi connectivity index (χ1n) is 8.02. The fourth-order valence-corrected chi connectivity index (χ4v) is 2.21. The molecule has 4 heteroatoms. The highest BCUT2D eigenvalue weighted by molar-refractivity contribution is 5.98. The van der Waals surface area contributed by atoms with E-state index in [0.717, 1.165) is 12.0 Å². The molecule has 2 N–H and O–H groups in total. The first-order valence-corrected chi connectivity index (χ1v) is 8.02. The lowest BCUT2D eigenvalue weighted by Crippen LogP contribution is -2.49. The van der Waals surface area contributed by atoms with Crippen LogP contribution in [0, 0.1) is 12.8 Å². The number of hydrogen-bond donors (Lipinski definition) is 2. The van der Waals surface area contributed by atoms with Gasteiger partial charge in [0.05, 0.1) is 0 Å². The maximum Gasteiger partial charge on any atom is 0.252 e. The van der Waals surface area contributed by atoms with E-state index in [1.165, 1.54) is 0 Å². The number of hydrogen-bond acceptors (Lipinski definition) is 2. The van der Waals surface area contributed by atoms with Gasteiger partial charge in [0.25, 0.3) is 5.91 Å². The molecule has 2 unspecified atom stereocenters. The van der Waals surface area contributed by atoms with Crippen LogP contribution in [-0.4, -0.2) is 23.9 Å². The molecule has 4 nitrogen and oxygen atoms in total. The van der Waals surface area contributed by atoms with Gasteiger partial charge in [0, 0.05) is 11.6 Å². The molecule has 2 amide bonds. The molecule has 0 aliphatic carbocycles. The molecule has 0 saturated carbocycles. The van der Waals surface area contributed by atoms with Gasteiger partial charge in [-0.15, -0.1) is 0 Å². The molecule has 22 heavy (non-hydrogen) atoms. The van der Waals surface area contributed by atoms with E-state index in [2.05, 4.69) is 10.6 Å². The predicted molar refractivity (Wildman–Crippen MR) is 89.8 cm³/mol. The van der Waals surface area contributed by atoms with E-state index < -0.39 is 6.04 Å². The highest BCUT2D eigenvalue weighted by Gasteiger charge is 2.23. The number of carbonyl (C=O) groups excluding carboxylic acids is 2. The van der Waals surface area contributed by atoms with Crippen LogP contribution >= 0.6 is 0 Å². The van der Waals surface area contributed by atoms with Crippen LogP contribution in [0.5, 0.6) is 0 Å². The molecule has 0 fully saturated rings. The zero-order valence-corrected chi connectivity index (χ0v) is 14.3. The van der Waals surface area contributed by atoms with E-state index in [1.807, 2.05) is 52.8 Å². The molecule has 1 rings (SSSR count). The Morgan fingerprint density at radius 1 is 1.09 bits per heavy atom. The van der Waals surface area contributed by atoms with Gasteiger partial charge in [-0.25, -0.2) is 0 Å². The number of benzene rings is 1. The first-order chi connectivity index (χ1) is 10.3. The lowest BCUT2D eigenvalue weighted by atomic mass is 10.0. The number of amides is 2. The van der Waals surface area contributed by atoms with E-state index in [-0.39, 0.29) is 17.9 Å². The molecule has 0 aromatic heterocycles. The molecular weight excluding hydrogens is 276 g/mol. The van der Waals surface area contributed by atoms with Gasteiger partial charge in [-0.05, 0) is 44.2 Å². The Labute approximate surface area is 133 Å². The van der Waals surface area contributed by atoms with Gasteiger partial charge in [-0.3, -0.25) is 9.59 Å². The number of nitrogens with one attached hydrogen (secondary N) is 2. The van der Waals surface area contributed by atoms with Crippen LogP contribution in [0.4, 0.5) is 0 Å². The highest BCUT2D eigenvalue weighted by atomic mass is 16.2. The van der Waals surface area contributed by atoms with E-state index in [0.29, 0.717) is 17.9 Å². The second-order valence-corrected chi connectivity index (χ2v) is 6.29. The van der Waals surface area contributed by atoms with Crippen molar-refractivity contribution in [2.75, 3.05) is 0 Å². The Hall–Kier alpha value is -1.84. The summed E-state index contributed by atoms with van der Waals surface area (Å²) in [6.07, 6.45) is 1.49. The molecule has 1 aromatic carbocycles. The van der Waals surface area contributed by atoms with E-state index in [9.17, 15) is 9.59 Å². The summed E-state index contributed by atoms with van der Waals surface area (Å²) in [5.41, 5.74) is 1.53. The molecule has 0 saturated heterocycles. The summed E-state index contributed by atoms with van der Waals surface area (Å²) >= 11 is 0. The molecule has 1 aromatic rings. The van der Waals surface area contributed by atoms with Crippen LogP contribution in [0.3, 0.4) is 0 Å². The largest absolute Gasteiger partial charge is 0.352 e. The number of carbonyl (C=O) groups is 2. The summed E-state index contributed by atoms with van der Waals surface area (Å²) in [5, 5.41) is 5.84. The predicted octanol–water partition coefficient (Wildman–Crippen LogP) is 3.05. The smallest absolute Gasteiger partial charge is 0.252 e. The Morgan fingerprint density at radius 3 is 2.27 bits per heavy atom. The van der Waals surface area contributed by atoms with Gasteiger partial charge in [-0.1, -0.05) is 39.0 Å². The molecule has 0 bridgehead atoms. The molecule has 122 valence electrons. The van der Waals surface area contributed by atoms with Crippen LogP contribution in [-0.2, 0) is 4.79 Å². The molecule has 0 heterocycles. The molecule has 0 aliphatic heterocycles. The third-order valence-corrected chi connectivity index (χ3v) is 3.72. The summed E-state index contributed by atoms with van der Waals surface area (Å²) in [6.45, 7) is 9.97. The second kappa shape index (κ2) is 8.57. The number of aryl methyl sites for hydroxylation is 1. The van der Waals surface area contributed by atoms with Crippen molar-refractivity contribution in [3.05, 3.63) is 35.4 Å². The minimum absolute atomic E-state index is 0.106. The molecule has 0 spiro atoms. The van der Waals surface area contributed by atoms with E-state index in [1.54, 1.807) is 6.07 Å². The summed E-state index contributed by atoms with van der Waals surface area (Å²) in [4.78, 5) is 24.8. The average Bonchev–Trinajstić information content (AvgIpc) is 2.46. The van der Waals surface area contributed by atoms with Gasteiger partial charge in [0.2, 0.25) is 5.91 Å². The number of rotatable bonds is 7. The Bertz CT molecular complexity index is 512. The van der Waals surface area contributed by atoms with Gasteiger partial charge in [0.1, 0.15) is 6.04 Å². The summed E-state index contributed by atoms with van der Waals surface area (Å²) in [6, 6.07) is 7.01. The Morgan fingerprint density at radius 2 is 1.73 bits per heavy atom. The Kier molecular flexibility index (Phi) is 7.09. The summed E-state index contributed by atoms with van der Waals surface area (Å²) in [5.74, 6) is 0.0258. The van der Waals surface area contributed by atoms with Crippen molar-refractivity contribution >= 4 is 11.8 Å². The third-order valence-electron chi connectivity index (χ3n) is 3.72. The van der Waals surface area contributed by atoms with Crippen LogP contribution in [0.25, 0.3) is 0 Å². The van der Waals surface area contributed by atoms with E-state index in [4.69, 9.17) is 0 Å². The zero-order chi connectivity index (χ0) is 16.7. The van der Waals surface area contributed by atoms with Gasteiger partial charge in [0.15, 0.2) is 0 Å². The topological polar surface area (TPSA) is 58.2 Å². The van der Waals surface area contributed by atoms with Crippen molar-refractivity contribution in [1.82, 2.24) is 10.6 Å². The summed E-state index contributed by atoms with van der Waals surface area (Å²) < 4.78 is 0. The van der Waals surface area contributed by atoms with Crippen LogP contribution < -0.4 is 10.6 Å². The van der Waals surface area contributed by atoms with Crippen molar-refractivity contribution < 1.29 is 9.59 Å². The van der Waals surface area contributed by atoms with E-state index >= 15 is 0 Å². The minimum Gasteiger partial charge on any atom is -0.352 e. The molecule has 0 radical (unpaired) electrons. The van der Waals surface area contributed by atoms with Crippen molar-refractivity contribution in [1.29, 1.82) is 0 Å². The average molecular weight is 304 g/mol. The normalized spacial score (nSPS) is 13.5. The maximum atomic E-state index is 12.4. The fraction of sp³-hybridized carbons (Fsp3) is 0.556. The van der Waals surface area contributed by atoms with Gasteiger partial charge in [-0.2, -0.15) is 0 Å². The minimum atomic E-state index is -0.499. The maximum absolute atomic E-state index is 12.4. The van der Waals surface area contributed by atoms with Crippen molar-refractivity contribution in [3.63, 3.8) is 0 Å². The standard InChI is InChI=1S/C18H28N2O2/c1-6-14(5)19-18(22)16(11-12(2)3)20-17(21)15-10-8-7-9-13(15)4/h7-10,12,14,16H,6,11H2,1-5H3,(H,19,22)(H,20,21).